The van der Waals surface area contributed by atoms with Crippen LogP contribution in [0.25, 0.3) is 0 Å². The number of anilines is 3. The number of carboxylic acid groups (broad SMARTS) is 1. The Labute approximate surface area is 415 Å². The third kappa shape index (κ3) is 11.3. The molecule has 0 radical (unpaired) electrons. The number of carboxylic acids is 1. The highest BCUT2D eigenvalue weighted by Gasteiger charge is 2.41. The van der Waals surface area contributed by atoms with Crippen LogP contribution in [0.1, 0.15) is 63.6 Å². The summed E-state index contributed by atoms with van der Waals surface area (Å²) in [6.07, 6.45) is 9.31. The van der Waals surface area contributed by atoms with Crippen molar-refractivity contribution < 1.29 is 52.6 Å². The van der Waals surface area contributed by atoms with Gasteiger partial charge in [0, 0.05) is 82.1 Å². The van der Waals surface area contributed by atoms with E-state index in [2.05, 4.69) is 16.4 Å². The van der Waals surface area contributed by atoms with Crippen molar-refractivity contribution in [2.45, 2.75) is 57.9 Å². The zero-order chi connectivity index (χ0) is 50.0. The maximum atomic E-state index is 14.4. The second-order valence-corrected chi connectivity index (χ2v) is 17.7. The minimum absolute atomic E-state index is 0.00605. The summed E-state index contributed by atoms with van der Waals surface area (Å²) < 4.78 is 41.5. The van der Waals surface area contributed by atoms with Crippen LogP contribution in [0.2, 0.25) is 0 Å². The third-order valence-corrected chi connectivity index (χ3v) is 13.1. The first-order valence-electron chi connectivity index (χ1n) is 24.0. The van der Waals surface area contributed by atoms with Crippen LogP contribution >= 0.6 is 0 Å². The summed E-state index contributed by atoms with van der Waals surface area (Å²) in [5.41, 5.74) is 8.44. The summed E-state index contributed by atoms with van der Waals surface area (Å²) in [4.78, 5) is 52.8. The van der Waals surface area contributed by atoms with Gasteiger partial charge in [0.05, 0.1) is 81.8 Å². The van der Waals surface area contributed by atoms with Gasteiger partial charge in [0.1, 0.15) is 13.2 Å². The van der Waals surface area contributed by atoms with Crippen molar-refractivity contribution in [3.8, 4) is 23.0 Å². The van der Waals surface area contributed by atoms with Gasteiger partial charge in [-0.1, -0.05) is 43.0 Å². The quantitative estimate of drug-likeness (QED) is 0.0710. The van der Waals surface area contributed by atoms with Crippen molar-refractivity contribution in [1.29, 1.82) is 0 Å². The molecule has 0 unspecified atom stereocenters. The maximum absolute atomic E-state index is 14.4. The van der Waals surface area contributed by atoms with Crippen LogP contribution in [0.3, 0.4) is 0 Å². The predicted molar refractivity (Wildman–Crippen MR) is 272 cm³/mol. The van der Waals surface area contributed by atoms with E-state index in [1.807, 2.05) is 85.8 Å². The summed E-state index contributed by atoms with van der Waals surface area (Å²) in [7, 11) is 6.70. The smallest absolute Gasteiger partial charge is 0.303 e. The molecule has 8 rings (SSSR count). The molecular formula is C55H63N5O11. The number of fused-ring (bicyclic) bond motifs is 6. The molecule has 16 heteroatoms. The van der Waals surface area contributed by atoms with Crippen LogP contribution in [0.4, 0.5) is 22.7 Å². The van der Waals surface area contributed by atoms with Crippen LogP contribution in [-0.2, 0) is 38.6 Å². The highest BCUT2D eigenvalue weighted by molar-refractivity contribution is 6.14. The molecule has 1 fully saturated rings. The molecule has 0 aromatic heterocycles. The van der Waals surface area contributed by atoms with Crippen LogP contribution in [-0.4, -0.2) is 127 Å². The SMILES string of the molecule is C=C/C=C1/C[C@H]2CN(C)c3cc(OCc4cc(COc5cc6c(cc5OC)C(=O)N5c7ccccc7C[C@H]5C=N6)cc(N(CCCC(=O)O)CCOCCOCCOC)c4)c(OC)cc3C(=O)N2/C1=C/C. The molecule has 71 heavy (non-hydrogen) atoms. The molecule has 374 valence electrons. The van der Waals surface area contributed by atoms with Crippen molar-refractivity contribution in [1.82, 2.24) is 4.90 Å². The predicted octanol–water partition coefficient (Wildman–Crippen LogP) is 8.18. The number of benzene rings is 4. The fourth-order valence-electron chi connectivity index (χ4n) is 9.73. The molecule has 1 saturated heterocycles. The number of aliphatic imine (C=N–C) groups is 1. The van der Waals surface area contributed by atoms with Crippen molar-refractivity contribution in [3.05, 3.63) is 131 Å². The molecule has 4 aliphatic rings. The van der Waals surface area contributed by atoms with Gasteiger partial charge < -0.3 is 53.0 Å². The second kappa shape index (κ2) is 23.2. The van der Waals surface area contributed by atoms with Crippen LogP contribution < -0.4 is 33.6 Å². The first-order chi connectivity index (χ1) is 34.5. The number of carbonyl (C=O) groups excluding carboxylic acids is 2. The molecule has 4 aromatic carbocycles. The molecule has 0 aliphatic carbocycles. The lowest BCUT2D eigenvalue weighted by Gasteiger charge is -2.26. The minimum Gasteiger partial charge on any atom is -0.493 e. The van der Waals surface area contributed by atoms with E-state index in [1.54, 1.807) is 43.4 Å². The number of aliphatic carboxylic acids is 1. The molecule has 2 atom stereocenters. The summed E-state index contributed by atoms with van der Waals surface area (Å²) in [5, 5.41) is 9.58. The Bertz CT molecular complexity index is 2720. The van der Waals surface area contributed by atoms with Crippen molar-refractivity contribution in [2.24, 2.45) is 4.99 Å². The van der Waals surface area contributed by atoms with E-state index in [1.165, 1.54) is 7.11 Å². The highest BCUT2D eigenvalue weighted by atomic mass is 16.5. The summed E-state index contributed by atoms with van der Waals surface area (Å²) in [6, 6.07) is 20.7. The van der Waals surface area contributed by atoms with Gasteiger partial charge in [-0.3, -0.25) is 24.3 Å². The van der Waals surface area contributed by atoms with Gasteiger partial charge in [0.15, 0.2) is 23.0 Å². The van der Waals surface area contributed by atoms with Gasteiger partial charge in [-0.2, -0.15) is 0 Å². The molecule has 2 amide bonds. The zero-order valence-corrected chi connectivity index (χ0v) is 41.2. The highest BCUT2D eigenvalue weighted by Crippen LogP contribution is 2.44. The topological polar surface area (TPSA) is 161 Å². The molecule has 0 spiro atoms. The number of likely N-dealkylation sites (N-methyl/N-ethyl adjacent to an activating group) is 1. The Kier molecular flexibility index (Phi) is 16.4. The second-order valence-electron chi connectivity index (χ2n) is 17.7. The zero-order valence-electron chi connectivity index (χ0n) is 41.2. The minimum atomic E-state index is -0.879. The van der Waals surface area contributed by atoms with E-state index < -0.39 is 5.97 Å². The molecule has 4 aromatic rings. The molecule has 4 heterocycles. The molecule has 4 aliphatic heterocycles. The van der Waals surface area contributed by atoms with E-state index in [4.69, 9.17) is 38.2 Å². The molecule has 16 nitrogen and oxygen atoms in total. The number of amides is 2. The van der Waals surface area contributed by atoms with Crippen molar-refractivity contribution in [2.75, 3.05) is 95.7 Å². The molecule has 0 saturated carbocycles. The molecule has 0 bridgehead atoms. The van der Waals surface area contributed by atoms with Crippen LogP contribution in [0, 0.1) is 0 Å². The monoisotopic (exact) mass is 969 g/mol. The van der Waals surface area contributed by atoms with E-state index >= 15 is 0 Å². The number of ether oxygens (including phenoxy) is 7. The Morgan fingerprint density at radius 2 is 1.48 bits per heavy atom. The number of hydrogen-bond donors (Lipinski definition) is 1. The molecular weight excluding hydrogens is 907 g/mol. The first kappa shape index (κ1) is 50.3. The summed E-state index contributed by atoms with van der Waals surface area (Å²) >= 11 is 0. The normalized spacial score (nSPS) is 17.8. The lowest BCUT2D eigenvalue weighted by atomic mass is 10.1. The number of methoxy groups -OCH3 is 3. The Hall–Kier alpha value is -7.14. The number of nitrogens with zero attached hydrogens (tertiary/aromatic N) is 5. The third-order valence-electron chi connectivity index (χ3n) is 13.1. The Balaban J connectivity index is 1.08. The average Bonchev–Trinajstić information content (AvgIpc) is 3.86. The van der Waals surface area contributed by atoms with Gasteiger partial charge in [-0.25, -0.2) is 0 Å². The van der Waals surface area contributed by atoms with Crippen molar-refractivity contribution >= 4 is 46.7 Å². The number of para-hydroxylation sites is 1. The van der Waals surface area contributed by atoms with E-state index in [0.29, 0.717) is 112 Å². The fraction of sp³-hybridized carbons (Fsp3) is 0.382. The van der Waals surface area contributed by atoms with Crippen LogP contribution in [0.15, 0.2) is 108 Å². The Morgan fingerprint density at radius 3 is 2.17 bits per heavy atom. The lowest BCUT2D eigenvalue weighted by Crippen LogP contribution is -2.38. The number of rotatable bonds is 23. The first-order valence-corrected chi connectivity index (χ1v) is 24.0. The summed E-state index contributed by atoms with van der Waals surface area (Å²) in [6.45, 7) is 9.66. The van der Waals surface area contributed by atoms with Crippen LogP contribution in [0.5, 0.6) is 23.0 Å². The van der Waals surface area contributed by atoms with E-state index in [-0.39, 0.29) is 43.5 Å². The van der Waals surface area contributed by atoms with Gasteiger partial charge in [0.2, 0.25) is 0 Å². The Morgan fingerprint density at radius 1 is 0.803 bits per heavy atom. The van der Waals surface area contributed by atoms with E-state index in [0.717, 1.165) is 45.0 Å². The number of hydrogen-bond acceptors (Lipinski definition) is 13. The lowest BCUT2D eigenvalue weighted by molar-refractivity contribution is -0.137. The maximum Gasteiger partial charge on any atom is 0.303 e. The standard InChI is InChI=1S/C55H63N5O11/c1-7-12-38-27-42-33-57(3)48-31-52(50(67-6)29-44(48)55(64)60(42)46(38)8-2)71-35-37-23-36(24-40(25-37)58(16-11-15-53(61)62)17-18-68-21-22-69-20-19-65-4)34-70-51-30-45-43(28-49(51)66-5)54(63)59-41(32-56-45)26-39-13-9-10-14-47(39)59/h7-10,12-14,23-25,28-32,41-42H,1,11,15-22,26-27,33-35H2,2-6H3,(H,61,62)/b38-12-,46-8+/t41-,42-/m0/s1. The largest absolute Gasteiger partial charge is 0.493 e. The average molecular weight is 970 g/mol. The molecule has 1 N–H and O–H groups in total. The van der Waals surface area contributed by atoms with Gasteiger partial charge in [-0.05, 0) is 78.4 Å². The van der Waals surface area contributed by atoms with E-state index in [9.17, 15) is 19.5 Å². The van der Waals surface area contributed by atoms with Crippen molar-refractivity contribution in [3.63, 3.8) is 0 Å². The number of carbonyl (C=O) groups is 3. The van der Waals surface area contributed by atoms with Gasteiger partial charge >= 0.3 is 5.97 Å². The number of allylic oxidation sites excluding steroid dienone is 4. The van der Waals surface area contributed by atoms with Gasteiger partial charge in [-0.15, -0.1) is 0 Å². The fourth-order valence-corrected chi connectivity index (χ4v) is 9.73. The van der Waals surface area contributed by atoms with Gasteiger partial charge in [0.25, 0.3) is 11.8 Å². The summed E-state index contributed by atoms with van der Waals surface area (Å²) in [5.74, 6) is 0.502.